The van der Waals surface area contributed by atoms with Gasteiger partial charge in [-0.2, -0.15) is 0 Å². The molecular formula is C21H21N5OS2. The van der Waals surface area contributed by atoms with Crippen molar-refractivity contribution >= 4 is 39.0 Å². The van der Waals surface area contributed by atoms with Crippen LogP contribution in [0.3, 0.4) is 0 Å². The molecule has 1 atom stereocenters. The van der Waals surface area contributed by atoms with Gasteiger partial charge in [-0.1, -0.05) is 42.1 Å². The van der Waals surface area contributed by atoms with Gasteiger partial charge in [0.05, 0.1) is 23.2 Å². The standard InChI is InChI=1S/C21H21N5OS2/c22-17-16-9-4-10-23-20(16)29-18(17)19-24-25-21(26(19)12-15-8-5-11-27-15)28-13-14-6-2-1-3-7-14/h1-4,6-7,9-10,15H,5,8,11-13,22H2. The summed E-state index contributed by atoms with van der Waals surface area (Å²) in [6.45, 7) is 1.56. The van der Waals surface area contributed by atoms with E-state index in [-0.39, 0.29) is 6.10 Å². The van der Waals surface area contributed by atoms with Crippen LogP contribution in [-0.2, 0) is 17.0 Å². The molecule has 0 bridgehead atoms. The van der Waals surface area contributed by atoms with E-state index in [1.165, 1.54) is 5.56 Å². The number of rotatable bonds is 6. The zero-order chi connectivity index (χ0) is 19.6. The largest absolute Gasteiger partial charge is 0.397 e. The third kappa shape index (κ3) is 3.75. The molecule has 0 radical (unpaired) electrons. The highest BCUT2D eigenvalue weighted by atomic mass is 32.2. The number of hydrogen-bond acceptors (Lipinski definition) is 7. The summed E-state index contributed by atoms with van der Waals surface area (Å²) in [5, 5.41) is 10.9. The second-order valence-electron chi connectivity index (χ2n) is 7.03. The minimum atomic E-state index is 0.189. The number of anilines is 1. The molecule has 8 heteroatoms. The van der Waals surface area contributed by atoms with Gasteiger partial charge in [-0.25, -0.2) is 4.98 Å². The van der Waals surface area contributed by atoms with E-state index in [1.807, 2.05) is 18.2 Å². The number of thiophene rings is 1. The lowest BCUT2D eigenvalue weighted by Crippen LogP contribution is -2.16. The van der Waals surface area contributed by atoms with E-state index in [0.29, 0.717) is 0 Å². The van der Waals surface area contributed by atoms with Gasteiger partial charge >= 0.3 is 0 Å². The van der Waals surface area contributed by atoms with Gasteiger partial charge in [0.1, 0.15) is 4.83 Å². The Kier molecular flexibility index (Phi) is 5.22. The van der Waals surface area contributed by atoms with Gasteiger partial charge in [0.25, 0.3) is 0 Å². The van der Waals surface area contributed by atoms with Gasteiger partial charge in [0.2, 0.25) is 0 Å². The molecule has 1 aliphatic rings. The summed E-state index contributed by atoms with van der Waals surface area (Å²) in [5.41, 5.74) is 8.46. The second kappa shape index (κ2) is 8.14. The summed E-state index contributed by atoms with van der Waals surface area (Å²) in [4.78, 5) is 6.30. The van der Waals surface area contributed by atoms with Crippen LogP contribution in [0.15, 0.2) is 53.8 Å². The number of hydrogen-bond donors (Lipinski definition) is 1. The molecule has 0 spiro atoms. The van der Waals surface area contributed by atoms with Crippen LogP contribution in [0.1, 0.15) is 18.4 Å². The molecule has 0 amide bonds. The molecule has 0 saturated carbocycles. The molecular weight excluding hydrogens is 402 g/mol. The minimum Gasteiger partial charge on any atom is -0.397 e. The molecule has 1 aliphatic heterocycles. The lowest BCUT2D eigenvalue weighted by molar-refractivity contribution is 0.0953. The lowest BCUT2D eigenvalue weighted by atomic mass is 10.2. The number of fused-ring (bicyclic) bond motifs is 1. The van der Waals surface area contributed by atoms with Crippen LogP contribution >= 0.6 is 23.1 Å². The Morgan fingerprint density at radius 2 is 2.07 bits per heavy atom. The van der Waals surface area contributed by atoms with E-state index < -0.39 is 0 Å². The normalized spacial score (nSPS) is 16.6. The molecule has 1 unspecified atom stereocenters. The van der Waals surface area contributed by atoms with Crippen molar-refractivity contribution in [3.8, 4) is 10.7 Å². The number of nitrogens with two attached hydrogens (primary N) is 1. The maximum Gasteiger partial charge on any atom is 0.191 e. The quantitative estimate of drug-likeness (QED) is 0.456. The highest BCUT2D eigenvalue weighted by Crippen LogP contribution is 2.40. The molecule has 2 N–H and O–H groups in total. The smallest absolute Gasteiger partial charge is 0.191 e. The van der Waals surface area contributed by atoms with Crippen molar-refractivity contribution in [2.24, 2.45) is 0 Å². The van der Waals surface area contributed by atoms with Gasteiger partial charge in [-0.15, -0.1) is 21.5 Å². The molecule has 148 valence electrons. The van der Waals surface area contributed by atoms with Gasteiger partial charge in [0, 0.05) is 23.9 Å². The van der Waals surface area contributed by atoms with Crippen molar-refractivity contribution in [2.75, 3.05) is 12.3 Å². The fraction of sp³-hybridized carbons (Fsp3) is 0.286. The van der Waals surface area contributed by atoms with Gasteiger partial charge in [0.15, 0.2) is 11.0 Å². The monoisotopic (exact) mass is 423 g/mol. The number of nitrogens with zero attached hydrogens (tertiary/aromatic N) is 4. The fourth-order valence-corrected chi connectivity index (χ4v) is 5.52. The van der Waals surface area contributed by atoms with Crippen molar-refractivity contribution in [1.29, 1.82) is 0 Å². The number of aromatic nitrogens is 4. The van der Waals surface area contributed by atoms with Crippen LogP contribution in [0.2, 0.25) is 0 Å². The summed E-state index contributed by atoms with van der Waals surface area (Å²) in [6, 6.07) is 14.3. The van der Waals surface area contributed by atoms with Crippen LogP contribution in [-0.4, -0.2) is 32.5 Å². The number of nitrogen functional groups attached to an aromatic ring is 1. The van der Waals surface area contributed by atoms with Crippen LogP contribution < -0.4 is 5.73 Å². The number of pyridine rings is 1. The third-order valence-electron chi connectivity index (χ3n) is 5.05. The summed E-state index contributed by atoms with van der Waals surface area (Å²) in [5.74, 6) is 1.64. The first kappa shape index (κ1) is 18.6. The zero-order valence-electron chi connectivity index (χ0n) is 15.8. The van der Waals surface area contributed by atoms with Gasteiger partial charge < -0.3 is 10.5 Å². The first-order chi connectivity index (χ1) is 14.3. The highest BCUT2D eigenvalue weighted by molar-refractivity contribution is 7.98. The Labute approximate surface area is 177 Å². The Morgan fingerprint density at radius 1 is 1.17 bits per heavy atom. The summed E-state index contributed by atoms with van der Waals surface area (Å²) >= 11 is 3.26. The average molecular weight is 424 g/mol. The number of benzene rings is 1. The molecule has 3 aromatic heterocycles. The predicted molar refractivity (Wildman–Crippen MR) is 118 cm³/mol. The topological polar surface area (TPSA) is 78.8 Å². The second-order valence-corrected chi connectivity index (χ2v) is 8.97. The maximum atomic E-state index is 6.47. The van der Waals surface area contributed by atoms with E-state index in [2.05, 4.69) is 44.0 Å². The predicted octanol–water partition coefficient (Wildman–Crippen LogP) is 4.61. The molecule has 29 heavy (non-hydrogen) atoms. The Balaban J connectivity index is 1.51. The van der Waals surface area contributed by atoms with Gasteiger partial charge in [-0.05, 0) is 30.5 Å². The van der Waals surface area contributed by atoms with E-state index >= 15 is 0 Å². The van der Waals surface area contributed by atoms with Crippen LogP contribution in [0, 0.1) is 0 Å². The lowest BCUT2D eigenvalue weighted by Gasteiger charge is -2.14. The molecule has 5 rings (SSSR count). The van der Waals surface area contributed by atoms with Crippen LogP contribution in [0.25, 0.3) is 20.9 Å². The first-order valence-electron chi connectivity index (χ1n) is 9.64. The summed E-state index contributed by atoms with van der Waals surface area (Å²) < 4.78 is 8.07. The average Bonchev–Trinajstić information content (AvgIpc) is 3.48. The molecule has 4 heterocycles. The molecule has 1 fully saturated rings. The number of ether oxygens (including phenoxy) is 1. The minimum absolute atomic E-state index is 0.189. The Hall–Kier alpha value is -2.42. The highest BCUT2D eigenvalue weighted by Gasteiger charge is 2.24. The zero-order valence-corrected chi connectivity index (χ0v) is 17.5. The summed E-state index contributed by atoms with van der Waals surface area (Å²) in [7, 11) is 0. The molecule has 0 aliphatic carbocycles. The van der Waals surface area contributed by atoms with Crippen LogP contribution in [0.5, 0.6) is 0 Å². The van der Waals surface area contributed by atoms with Crippen molar-refractivity contribution in [1.82, 2.24) is 19.7 Å². The maximum absolute atomic E-state index is 6.47. The van der Waals surface area contributed by atoms with Gasteiger partial charge in [-0.3, -0.25) is 4.57 Å². The molecule has 4 aromatic rings. The summed E-state index contributed by atoms with van der Waals surface area (Å²) in [6.07, 6.45) is 4.14. The van der Waals surface area contributed by atoms with Crippen LogP contribution in [0.4, 0.5) is 5.69 Å². The van der Waals surface area contributed by atoms with E-state index in [0.717, 1.165) is 63.5 Å². The molecule has 1 saturated heterocycles. The number of thioether (sulfide) groups is 1. The Bertz CT molecular complexity index is 1120. The Morgan fingerprint density at radius 3 is 2.86 bits per heavy atom. The van der Waals surface area contributed by atoms with E-state index in [1.54, 1.807) is 29.3 Å². The van der Waals surface area contributed by atoms with Crippen molar-refractivity contribution in [2.45, 2.75) is 36.4 Å². The SMILES string of the molecule is Nc1c(-c2nnc(SCc3ccccc3)n2CC2CCCO2)sc2ncccc12. The molecule has 6 nitrogen and oxygen atoms in total. The van der Waals surface area contributed by atoms with E-state index in [9.17, 15) is 0 Å². The first-order valence-corrected chi connectivity index (χ1v) is 11.4. The fourth-order valence-electron chi connectivity index (χ4n) is 3.56. The van der Waals surface area contributed by atoms with Crippen molar-refractivity contribution in [3.63, 3.8) is 0 Å². The third-order valence-corrected chi connectivity index (χ3v) is 7.21. The molecule has 1 aromatic carbocycles. The van der Waals surface area contributed by atoms with Crippen molar-refractivity contribution in [3.05, 3.63) is 54.2 Å². The van der Waals surface area contributed by atoms with Crippen molar-refractivity contribution < 1.29 is 4.74 Å². The van der Waals surface area contributed by atoms with E-state index in [4.69, 9.17) is 10.5 Å².